The zero-order chi connectivity index (χ0) is 23.4. The lowest BCUT2D eigenvalue weighted by Gasteiger charge is -2.45. The maximum Gasteiger partial charge on any atom is 0.173 e. The van der Waals surface area contributed by atoms with Crippen molar-refractivity contribution in [3.05, 3.63) is 89.1 Å². The summed E-state index contributed by atoms with van der Waals surface area (Å²) in [6, 6.07) is 16.0. The summed E-state index contributed by atoms with van der Waals surface area (Å²) in [5.74, 6) is -1.02. The molecule has 2 aromatic rings. The molecule has 7 heteroatoms. The fraction of sp³-hybridized carbons (Fsp3) is 0.370. The number of benzene rings is 2. The number of hydrazine groups is 1. The fourth-order valence-corrected chi connectivity index (χ4v) is 6.11. The van der Waals surface area contributed by atoms with Gasteiger partial charge in [0.25, 0.3) is 0 Å². The van der Waals surface area contributed by atoms with Crippen LogP contribution in [0.5, 0.6) is 0 Å². The van der Waals surface area contributed by atoms with E-state index in [0.717, 1.165) is 36.6 Å². The number of nitrogens with two attached hydrogens (primary N) is 1. The van der Waals surface area contributed by atoms with Crippen LogP contribution in [0.4, 0.5) is 8.78 Å². The molecule has 0 spiro atoms. The molecule has 176 valence electrons. The van der Waals surface area contributed by atoms with Crippen molar-refractivity contribution in [1.29, 1.82) is 0 Å². The minimum atomic E-state index is -0.862. The molecule has 0 aromatic heterocycles. The van der Waals surface area contributed by atoms with Gasteiger partial charge in [-0.25, -0.2) is 13.8 Å². The largest absolute Gasteiger partial charge is 0.296 e. The summed E-state index contributed by atoms with van der Waals surface area (Å²) in [4.78, 5) is 7.44. The molecule has 4 heterocycles. The Bertz CT molecular complexity index is 1180. The topological polar surface area (TPSA) is 48.1 Å². The molecule has 2 bridgehead atoms. The number of amidine groups is 1. The molecule has 2 fully saturated rings. The van der Waals surface area contributed by atoms with E-state index < -0.39 is 17.9 Å². The molecule has 4 aliphatic rings. The highest BCUT2D eigenvalue weighted by Gasteiger charge is 2.47. The van der Waals surface area contributed by atoms with Crippen LogP contribution in [0.25, 0.3) is 5.57 Å². The zero-order valence-corrected chi connectivity index (χ0v) is 19.2. The summed E-state index contributed by atoms with van der Waals surface area (Å²) in [5, 5.41) is 4.24. The quantitative estimate of drug-likeness (QED) is 0.721. The van der Waals surface area contributed by atoms with E-state index in [0.29, 0.717) is 23.5 Å². The predicted molar refractivity (Wildman–Crippen MR) is 129 cm³/mol. The van der Waals surface area contributed by atoms with Crippen molar-refractivity contribution >= 4 is 11.4 Å². The van der Waals surface area contributed by atoms with Gasteiger partial charge in [-0.3, -0.25) is 15.6 Å². The molecule has 0 saturated carbocycles. The fourth-order valence-electron chi connectivity index (χ4n) is 6.11. The first-order valence-electron chi connectivity index (χ1n) is 12.0. The molecule has 6 rings (SSSR count). The van der Waals surface area contributed by atoms with Crippen LogP contribution in [0.1, 0.15) is 43.7 Å². The van der Waals surface area contributed by atoms with Crippen LogP contribution in [-0.4, -0.2) is 45.2 Å². The van der Waals surface area contributed by atoms with Crippen LogP contribution in [0.15, 0.2) is 71.4 Å². The second kappa shape index (κ2) is 8.41. The normalized spacial score (nSPS) is 29.1. The molecule has 0 radical (unpaired) electrons. The highest BCUT2D eigenvalue weighted by molar-refractivity contribution is 6.24. The van der Waals surface area contributed by atoms with E-state index in [2.05, 4.69) is 40.2 Å². The molecule has 5 nitrogen and oxygen atoms in total. The number of hydrogen-bond acceptors (Lipinski definition) is 5. The highest BCUT2D eigenvalue weighted by atomic mass is 19.2. The number of halogens is 2. The van der Waals surface area contributed by atoms with Gasteiger partial charge in [-0.1, -0.05) is 36.4 Å². The number of allylic oxidation sites excluding steroid dienone is 2. The number of piperidine rings is 1. The van der Waals surface area contributed by atoms with E-state index in [1.165, 1.54) is 24.5 Å². The minimum Gasteiger partial charge on any atom is -0.296 e. The number of nitrogens with zero attached hydrogens (tertiary/aromatic N) is 4. The molecule has 34 heavy (non-hydrogen) atoms. The Morgan fingerprint density at radius 3 is 2.41 bits per heavy atom. The molecule has 4 aliphatic heterocycles. The van der Waals surface area contributed by atoms with Gasteiger partial charge in [0.15, 0.2) is 23.8 Å². The van der Waals surface area contributed by atoms with E-state index in [1.807, 2.05) is 24.2 Å². The summed E-state index contributed by atoms with van der Waals surface area (Å²) in [7, 11) is 0. The maximum atomic E-state index is 14.0. The third-order valence-electron chi connectivity index (χ3n) is 7.60. The van der Waals surface area contributed by atoms with Crippen LogP contribution in [0, 0.1) is 11.6 Å². The van der Waals surface area contributed by atoms with Crippen molar-refractivity contribution in [3.8, 4) is 0 Å². The van der Waals surface area contributed by atoms with Crippen molar-refractivity contribution < 1.29 is 8.78 Å². The summed E-state index contributed by atoms with van der Waals surface area (Å²) < 4.78 is 27.5. The van der Waals surface area contributed by atoms with Crippen LogP contribution in [-0.2, 0) is 6.54 Å². The number of hydrogen-bond donors (Lipinski definition) is 1. The summed E-state index contributed by atoms with van der Waals surface area (Å²) in [5.41, 5.74) is 10.3. The lowest BCUT2D eigenvalue weighted by molar-refractivity contribution is -0.0329. The molecule has 3 atom stereocenters. The number of fused-ring (bicyclic) bond motifs is 3. The van der Waals surface area contributed by atoms with Crippen molar-refractivity contribution in [3.63, 3.8) is 0 Å². The second-order valence-corrected chi connectivity index (χ2v) is 9.82. The summed E-state index contributed by atoms with van der Waals surface area (Å²) in [6.45, 7) is 2.99. The lowest BCUT2D eigenvalue weighted by Crippen LogP contribution is -2.57. The van der Waals surface area contributed by atoms with Gasteiger partial charge in [0.1, 0.15) is 0 Å². The smallest absolute Gasteiger partial charge is 0.173 e. The van der Waals surface area contributed by atoms with E-state index in [4.69, 9.17) is 10.7 Å². The Balaban J connectivity index is 1.24. The molecular formula is C27H29F2N5. The van der Waals surface area contributed by atoms with Gasteiger partial charge < -0.3 is 0 Å². The third kappa shape index (κ3) is 3.68. The third-order valence-corrected chi connectivity index (χ3v) is 7.60. The monoisotopic (exact) mass is 461 g/mol. The Morgan fingerprint density at radius 2 is 1.71 bits per heavy atom. The lowest BCUT2D eigenvalue weighted by atomic mass is 9.95. The van der Waals surface area contributed by atoms with E-state index in [-0.39, 0.29) is 6.04 Å². The standard InChI is InChI=1S/C27H29F2N5/c1-17-11-23(19-7-10-24(28)25(29)12-19)26-31-27(30)34(33(26)15-17)22-13-20-8-9-21(14-22)32(20)16-18-5-3-2-4-6-18/h2-7,10-12,15,20-22,27H,8-9,13-14,16,30H2,1H3. The van der Waals surface area contributed by atoms with E-state index >= 15 is 0 Å². The van der Waals surface area contributed by atoms with Crippen LogP contribution >= 0.6 is 0 Å². The first-order chi connectivity index (χ1) is 16.5. The molecular weight excluding hydrogens is 432 g/mol. The maximum absolute atomic E-state index is 14.0. The molecule has 2 saturated heterocycles. The molecule has 2 N–H and O–H groups in total. The SMILES string of the molecule is CC1=CN2C(=NC(N)N2C2CC3CCC(C2)N3Cc2ccccc2)C(c2ccc(F)c(F)c2)=C1. The van der Waals surface area contributed by atoms with Gasteiger partial charge in [0, 0.05) is 36.4 Å². The van der Waals surface area contributed by atoms with Gasteiger partial charge in [0.05, 0.1) is 0 Å². The van der Waals surface area contributed by atoms with E-state index in [9.17, 15) is 8.78 Å². The average Bonchev–Trinajstić information content (AvgIpc) is 3.26. The molecule has 0 amide bonds. The van der Waals surface area contributed by atoms with Crippen molar-refractivity contribution in [2.45, 2.75) is 63.6 Å². The zero-order valence-electron chi connectivity index (χ0n) is 19.2. The Labute approximate surface area is 198 Å². The first kappa shape index (κ1) is 21.6. The average molecular weight is 462 g/mol. The minimum absolute atomic E-state index is 0.272. The van der Waals surface area contributed by atoms with Crippen molar-refractivity contribution in [2.24, 2.45) is 10.7 Å². The number of rotatable bonds is 4. The van der Waals surface area contributed by atoms with Crippen molar-refractivity contribution in [2.75, 3.05) is 0 Å². The van der Waals surface area contributed by atoms with Crippen LogP contribution in [0.2, 0.25) is 0 Å². The Kier molecular flexibility index (Phi) is 5.36. The number of aliphatic imine (C=N–C) groups is 1. The van der Waals surface area contributed by atoms with Crippen LogP contribution in [0.3, 0.4) is 0 Å². The van der Waals surface area contributed by atoms with Gasteiger partial charge in [0.2, 0.25) is 0 Å². The van der Waals surface area contributed by atoms with Crippen molar-refractivity contribution in [1.82, 2.24) is 14.9 Å². The molecule has 3 unspecified atom stereocenters. The van der Waals surface area contributed by atoms with Gasteiger partial charge in [-0.05, 0) is 67.5 Å². The molecule has 2 aromatic carbocycles. The predicted octanol–water partition coefficient (Wildman–Crippen LogP) is 4.63. The summed E-state index contributed by atoms with van der Waals surface area (Å²) in [6.07, 6.45) is 7.99. The van der Waals surface area contributed by atoms with Gasteiger partial charge in [-0.15, -0.1) is 0 Å². The first-order valence-corrected chi connectivity index (χ1v) is 12.0. The van der Waals surface area contributed by atoms with Crippen LogP contribution < -0.4 is 5.73 Å². The summed E-state index contributed by atoms with van der Waals surface area (Å²) >= 11 is 0. The van der Waals surface area contributed by atoms with Gasteiger partial charge in [-0.2, -0.15) is 5.01 Å². The molecule has 0 aliphatic carbocycles. The van der Waals surface area contributed by atoms with E-state index in [1.54, 1.807) is 6.07 Å². The Hall–Kier alpha value is -2.87. The Morgan fingerprint density at radius 1 is 0.971 bits per heavy atom. The van der Waals surface area contributed by atoms with Gasteiger partial charge >= 0.3 is 0 Å². The second-order valence-electron chi connectivity index (χ2n) is 9.82. The highest BCUT2D eigenvalue weighted by Crippen LogP contribution is 2.41.